The molecule has 1 aromatic rings. The lowest BCUT2D eigenvalue weighted by molar-refractivity contribution is -0.145. The van der Waals surface area contributed by atoms with Crippen LogP contribution in [-0.4, -0.2) is 30.5 Å². The number of H-pyrrole nitrogens is 1. The normalized spacial score (nSPS) is 19.5. The number of carbonyl (C=O) groups is 2. The highest BCUT2D eigenvalue weighted by molar-refractivity contribution is 5.98. The van der Waals surface area contributed by atoms with E-state index in [1.54, 1.807) is 12.1 Å². The van der Waals surface area contributed by atoms with Crippen LogP contribution < -0.4 is 10.5 Å². The molecule has 6 nitrogen and oxygen atoms in total. The molecule has 0 aliphatic carbocycles. The van der Waals surface area contributed by atoms with Gasteiger partial charge in [-0.1, -0.05) is 6.07 Å². The van der Waals surface area contributed by atoms with Crippen molar-refractivity contribution in [3.8, 4) is 0 Å². The van der Waals surface area contributed by atoms with Gasteiger partial charge in [-0.2, -0.15) is 0 Å². The van der Waals surface area contributed by atoms with Gasteiger partial charge in [-0.15, -0.1) is 0 Å². The minimum Gasteiger partial charge on any atom is -0.469 e. The molecule has 6 heteroatoms. The molecule has 1 aromatic heterocycles. The molecule has 1 atom stereocenters. The largest absolute Gasteiger partial charge is 0.469 e. The maximum Gasteiger partial charge on any atom is 0.311 e. The molecule has 17 heavy (non-hydrogen) atoms. The van der Waals surface area contributed by atoms with Gasteiger partial charge in [0.25, 0.3) is 0 Å². The van der Waals surface area contributed by atoms with E-state index in [4.69, 9.17) is 0 Å². The standard InChI is InChI=1S/C11H12N2O4/c1-17-11(16)7-5-10(15)13(6-7)8-3-2-4-9(14)12-8/h2-4,7H,5-6H2,1H3,(H,12,14). The van der Waals surface area contributed by atoms with Crippen LogP contribution in [0.5, 0.6) is 0 Å². The van der Waals surface area contributed by atoms with Crippen molar-refractivity contribution in [2.24, 2.45) is 5.92 Å². The number of pyridine rings is 1. The summed E-state index contributed by atoms with van der Waals surface area (Å²) in [4.78, 5) is 38.1. The second kappa shape index (κ2) is 4.40. The van der Waals surface area contributed by atoms with E-state index in [1.165, 1.54) is 18.1 Å². The van der Waals surface area contributed by atoms with Gasteiger partial charge in [0.05, 0.1) is 13.0 Å². The van der Waals surface area contributed by atoms with E-state index in [0.717, 1.165) is 0 Å². The minimum absolute atomic E-state index is 0.115. The van der Waals surface area contributed by atoms with Crippen LogP contribution in [0.1, 0.15) is 6.42 Å². The first-order valence-corrected chi connectivity index (χ1v) is 5.19. The fourth-order valence-electron chi connectivity index (χ4n) is 1.86. The number of nitrogens with one attached hydrogen (secondary N) is 1. The Morgan fingerprint density at radius 2 is 2.24 bits per heavy atom. The molecule has 90 valence electrons. The van der Waals surface area contributed by atoms with E-state index in [9.17, 15) is 14.4 Å². The van der Waals surface area contributed by atoms with Crippen LogP contribution in [0, 0.1) is 5.92 Å². The number of amides is 1. The molecule has 1 N–H and O–H groups in total. The number of nitrogens with zero attached hydrogens (tertiary/aromatic N) is 1. The minimum atomic E-state index is -0.462. The summed E-state index contributed by atoms with van der Waals surface area (Å²) in [7, 11) is 1.29. The number of methoxy groups -OCH3 is 1. The molecule has 2 heterocycles. The van der Waals surface area contributed by atoms with E-state index < -0.39 is 11.9 Å². The number of hydrogen-bond donors (Lipinski definition) is 1. The molecule has 1 saturated heterocycles. The van der Waals surface area contributed by atoms with Crippen LogP contribution >= 0.6 is 0 Å². The van der Waals surface area contributed by atoms with Gasteiger partial charge in [0, 0.05) is 19.0 Å². The maximum absolute atomic E-state index is 11.7. The summed E-state index contributed by atoms with van der Waals surface area (Å²) >= 11 is 0. The first-order valence-electron chi connectivity index (χ1n) is 5.19. The summed E-state index contributed by atoms with van der Waals surface area (Å²) in [6, 6.07) is 4.55. The average molecular weight is 236 g/mol. The topological polar surface area (TPSA) is 79.5 Å². The highest BCUT2D eigenvalue weighted by atomic mass is 16.5. The van der Waals surface area contributed by atoms with Crippen molar-refractivity contribution in [3.63, 3.8) is 0 Å². The van der Waals surface area contributed by atoms with Gasteiger partial charge in [0.15, 0.2) is 0 Å². The molecule has 0 saturated carbocycles. The van der Waals surface area contributed by atoms with Crippen LogP contribution in [0.3, 0.4) is 0 Å². The Morgan fingerprint density at radius 3 is 2.88 bits per heavy atom. The number of esters is 1. The van der Waals surface area contributed by atoms with E-state index in [0.29, 0.717) is 5.82 Å². The van der Waals surface area contributed by atoms with Crippen LogP contribution in [-0.2, 0) is 14.3 Å². The molecule has 1 aliphatic rings. The van der Waals surface area contributed by atoms with Crippen molar-refractivity contribution in [2.45, 2.75) is 6.42 Å². The van der Waals surface area contributed by atoms with Crippen LogP contribution in [0.2, 0.25) is 0 Å². The second-order valence-corrected chi connectivity index (χ2v) is 3.83. The number of hydrogen-bond acceptors (Lipinski definition) is 4. The number of aromatic nitrogens is 1. The van der Waals surface area contributed by atoms with Gasteiger partial charge in [0.2, 0.25) is 11.5 Å². The molecule has 0 spiro atoms. The predicted octanol–water partition coefficient (Wildman–Crippen LogP) is -0.0992. The Labute approximate surface area is 97.2 Å². The summed E-state index contributed by atoms with van der Waals surface area (Å²) in [5.74, 6) is -0.647. The summed E-state index contributed by atoms with van der Waals surface area (Å²) in [6.07, 6.45) is 0.115. The van der Waals surface area contributed by atoms with Crippen LogP contribution in [0.4, 0.5) is 5.82 Å². The Hall–Kier alpha value is -2.11. The Balaban J connectivity index is 2.21. The van der Waals surface area contributed by atoms with Crippen molar-refractivity contribution in [2.75, 3.05) is 18.6 Å². The third-order valence-corrected chi connectivity index (χ3v) is 2.70. The van der Waals surface area contributed by atoms with E-state index >= 15 is 0 Å². The molecule has 1 unspecified atom stereocenters. The predicted molar refractivity (Wildman–Crippen MR) is 59.5 cm³/mol. The fraction of sp³-hybridized carbons (Fsp3) is 0.364. The second-order valence-electron chi connectivity index (χ2n) is 3.83. The third-order valence-electron chi connectivity index (χ3n) is 2.70. The molecule has 1 aliphatic heterocycles. The molecular formula is C11H12N2O4. The maximum atomic E-state index is 11.7. The molecule has 0 radical (unpaired) electrons. The number of rotatable bonds is 2. The average Bonchev–Trinajstić information content (AvgIpc) is 2.70. The van der Waals surface area contributed by atoms with Crippen molar-refractivity contribution < 1.29 is 14.3 Å². The fourth-order valence-corrected chi connectivity index (χ4v) is 1.86. The molecule has 2 rings (SSSR count). The van der Waals surface area contributed by atoms with E-state index in [1.807, 2.05) is 0 Å². The van der Waals surface area contributed by atoms with Gasteiger partial charge in [-0.3, -0.25) is 19.3 Å². The zero-order valence-electron chi connectivity index (χ0n) is 9.30. The summed E-state index contributed by atoms with van der Waals surface area (Å²) in [5, 5.41) is 0. The van der Waals surface area contributed by atoms with Crippen LogP contribution in [0.25, 0.3) is 0 Å². The molecular weight excluding hydrogens is 224 g/mol. The number of ether oxygens (including phenoxy) is 1. The Bertz CT molecular complexity index is 508. The monoisotopic (exact) mass is 236 g/mol. The zero-order chi connectivity index (χ0) is 12.4. The smallest absolute Gasteiger partial charge is 0.311 e. The lowest BCUT2D eigenvalue weighted by Crippen LogP contribution is -2.28. The van der Waals surface area contributed by atoms with Crippen LogP contribution in [0.15, 0.2) is 23.0 Å². The number of carbonyl (C=O) groups excluding carboxylic acids is 2. The summed E-state index contributed by atoms with van der Waals surface area (Å²) < 4.78 is 4.60. The van der Waals surface area contributed by atoms with Crippen molar-refractivity contribution in [3.05, 3.63) is 28.6 Å². The SMILES string of the molecule is COC(=O)C1CC(=O)N(c2cccc(=O)[nH]2)C1. The first-order chi connectivity index (χ1) is 8.11. The van der Waals surface area contributed by atoms with E-state index in [-0.39, 0.29) is 24.4 Å². The quantitative estimate of drug-likeness (QED) is 0.727. The highest BCUT2D eigenvalue weighted by Gasteiger charge is 2.36. The van der Waals surface area contributed by atoms with Crippen molar-refractivity contribution in [1.29, 1.82) is 0 Å². The van der Waals surface area contributed by atoms with Gasteiger partial charge in [-0.25, -0.2) is 0 Å². The first kappa shape index (κ1) is 11.4. The summed E-state index contributed by atoms with van der Waals surface area (Å²) in [6.45, 7) is 0.242. The zero-order valence-corrected chi connectivity index (χ0v) is 9.30. The van der Waals surface area contributed by atoms with Gasteiger partial charge in [-0.05, 0) is 6.07 Å². The molecule has 0 bridgehead atoms. The van der Waals surface area contributed by atoms with Gasteiger partial charge in [0.1, 0.15) is 5.82 Å². The third kappa shape index (κ3) is 2.20. The van der Waals surface area contributed by atoms with Crippen molar-refractivity contribution in [1.82, 2.24) is 4.98 Å². The van der Waals surface area contributed by atoms with E-state index in [2.05, 4.69) is 9.72 Å². The molecule has 0 aromatic carbocycles. The lowest BCUT2D eigenvalue weighted by atomic mass is 10.1. The van der Waals surface area contributed by atoms with Gasteiger partial charge < -0.3 is 9.72 Å². The summed E-state index contributed by atoms with van der Waals surface area (Å²) in [5.41, 5.74) is -0.281. The van der Waals surface area contributed by atoms with Gasteiger partial charge >= 0.3 is 5.97 Å². The number of aromatic amines is 1. The molecule has 1 amide bonds. The lowest BCUT2D eigenvalue weighted by Gasteiger charge is -2.15. The highest BCUT2D eigenvalue weighted by Crippen LogP contribution is 2.23. The Morgan fingerprint density at radius 1 is 1.47 bits per heavy atom. The molecule has 1 fully saturated rings. The number of anilines is 1. The Kier molecular flexibility index (Phi) is 2.95. The van der Waals surface area contributed by atoms with Crippen molar-refractivity contribution >= 4 is 17.7 Å².